The van der Waals surface area contributed by atoms with Gasteiger partial charge in [-0.3, -0.25) is 10.1 Å². The SMILES string of the molecule is O=[N+]([O-])c1ccc(S[C@H]2SC[C@H]3O[C@@H]2[C@@H](O)[C@@H]3O)cc1. The molecule has 5 atom stereocenters. The Kier molecular flexibility index (Phi) is 3.91. The Labute approximate surface area is 123 Å². The fourth-order valence-electron chi connectivity index (χ4n) is 2.31. The minimum absolute atomic E-state index is 0.0279. The number of hydrogen-bond acceptors (Lipinski definition) is 7. The molecule has 2 aliphatic rings. The van der Waals surface area contributed by atoms with Gasteiger partial charge in [0.2, 0.25) is 0 Å². The number of aliphatic hydroxyl groups excluding tert-OH is 2. The van der Waals surface area contributed by atoms with Gasteiger partial charge < -0.3 is 14.9 Å². The van der Waals surface area contributed by atoms with Crippen LogP contribution in [0.5, 0.6) is 0 Å². The van der Waals surface area contributed by atoms with Crippen molar-refractivity contribution in [3.8, 4) is 0 Å². The molecule has 0 saturated carbocycles. The monoisotopic (exact) mass is 315 g/mol. The van der Waals surface area contributed by atoms with Crippen LogP contribution < -0.4 is 0 Å². The van der Waals surface area contributed by atoms with Gasteiger partial charge in [-0.05, 0) is 12.1 Å². The second kappa shape index (κ2) is 5.53. The van der Waals surface area contributed by atoms with Crippen LogP contribution in [0.1, 0.15) is 0 Å². The maximum Gasteiger partial charge on any atom is 0.269 e. The molecule has 6 nitrogen and oxygen atoms in total. The Morgan fingerprint density at radius 3 is 2.65 bits per heavy atom. The van der Waals surface area contributed by atoms with Gasteiger partial charge in [-0.1, -0.05) is 0 Å². The summed E-state index contributed by atoms with van der Waals surface area (Å²) in [5.74, 6) is 0.638. The highest BCUT2D eigenvalue weighted by atomic mass is 32.2. The van der Waals surface area contributed by atoms with Crippen molar-refractivity contribution in [2.75, 3.05) is 5.75 Å². The highest BCUT2D eigenvalue weighted by molar-refractivity contribution is 8.17. The Hall–Kier alpha value is -0.800. The third-order valence-corrected chi connectivity index (χ3v) is 6.25. The molecule has 2 bridgehead atoms. The molecular formula is C12H13NO5S2. The van der Waals surface area contributed by atoms with Crippen molar-refractivity contribution >= 4 is 29.2 Å². The minimum Gasteiger partial charge on any atom is -0.388 e. The Balaban J connectivity index is 1.70. The number of nitrogens with zero attached hydrogens (tertiary/aromatic N) is 1. The van der Waals surface area contributed by atoms with E-state index in [1.165, 1.54) is 23.9 Å². The average molecular weight is 315 g/mol. The normalized spacial score (nSPS) is 36.0. The number of fused-ring (bicyclic) bond motifs is 2. The van der Waals surface area contributed by atoms with E-state index in [4.69, 9.17) is 4.74 Å². The zero-order chi connectivity index (χ0) is 14.3. The third-order valence-electron chi connectivity index (χ3n) is 3.39. The molecule has 108 valence electrons. The molecule has 0 amide bonds. The second-order valence-electron chi connectivity index (χ2n) is 4.69. The van der Waals surface area contributed by atoms with E-state index >= 15 is 0 Å². The zero-order valence-electron chi connectivity index (χ0n) is 10.3. The molecule has 2 aliphatic heterocycles. The first-order chi connectivity index (χ1) is 9.56. The van der Waals surface area contributed by atoms with Crippen LogP contribution in [0.2, 0.25) is 0 Å². The lowest BCUT2D eigenvalue weighted by molar-refractivity contribution is -0.384. The molecule has 2 N–H and O–H groups in total. The molecule has 0 radical (unpaired) electrons. The molecule has 1 aromatic carbocycles. The van der Waals surface area contributed by atoms with Gasteiger partial charge in [-0.2, -0.15) is 0 Å². The highest BCUT2D eigenvalue weighted by Gasteiger charge is 2.50. The van der Waals surface area contributed by atoms with Gasteiger partial charge in [0.1, 0.15) is 18.3 Å². The largest absolute Gasteiger partial charge is 0.388 e. The van der Waals surface area contributed by atoms with Crippen LogP contribution in [0.4, 0.5) is 5.69 Å². The predicted molar refractivity (Wildman–Crippen MR) is 75.9 cm³/mol. The van der Waals surface area contributed by atoms with E-state index in [-0.39, 0.29) is 16.4 Å². The fourth-order valence-corrected chi connectivity index (χ4v) is 5.14. The third kappa shape index (κ3) is 2.53. The first-order valence-corrected chi connectivity index (χ1v) is 8.03. The first-order valence-electron chi connectivity index (χ1n) is 6.10. The van der Waals surface area contributed by atoms with Gasteiger partial charge in [0.05, 0.1) is 15.6 Å². The van der Waals surface area contributed by atoms with Crippen molar-refractivity contribution in [2.45, 2.75) is 33.9 Å². The average Bonchev–Trinajstić information content (AvgIpc) is 2.68. The molecule has 20 heavy (non-hydrogen) atoms. The summed E-state index contributed by atoms with van der Waals surface area (Å²) in [5, 5.41) is 30.3. The summed E-state index contributed by atoms with van der Waals surface area (Å²) in [7, 11) is 0. The number of nitro groups is 1. The van der Waals surface area contributed by atoms with Crippen molar-refractivity contribution in [3.63, 3.8) is 0 Å². The lowest BCUT2D eigenvalue weighted by atomic mass is 10.1. The van der Waals surface area contributed by atoms with E-state index in [0.717, 1.165) is 4.90 Å². The van der Waals surface area contributed by atoms with Gasteiger partial charge in [-0.25, -0.2) is 0 Å². The number of hydrogen-bond donors (Lipinski definition) is 2. The van der Waals surface area contributed by atoms with Crippen molar-refractivity contribution < 1.29 is 19.9 Å². The summed E-state index contributed by atoms with van der Waals surface area (Å²) >= 11 is 3.13. The summed E-state index contributed by atoms with van der Waals surface area (Å²) in [6.45, 7) is 0. The second-order valence-corrected chi connectivity index (χ2v) is 7.38. The van der Waals surface area contributed by atoms with E-state index in [1.54, 1.807) is 23.9 Å². The quantitative estimate of drug-likeness (QED) is 0.640. The fraction of sp³-hybridized carbons (Fsp3) is 0.500. The molecule has 8 heteroatoms. The van der Waals surface area contributed by atoms with E-state index in [9.17, 15) is 20.3 Å². The minimum atomic E-state index is -0.870. The van der Waals surface area contributed by atoms with E-state index < -0.39 is 23.2 Å². The number of thioether (sulfide) groups is 2. The summed E-state index contributed by atoms with van der Waals surface area (Å²) in [4.78, 5) is 11.0. The van der Waals surface area contributed by atoms with Gasteiger partial charge in [-0.15, -0.1) is 23.5 Å². The van der Waals surface area contributed by atoms with Crippen LogP contribution in [0.15, 0.2) is 29.2 Å². The van der Waals surface area contributed by atoms with E-state index in [2.05, 4.69) is 0 Å². The molecule has 0 spiro atoms. The topological polar surface area (TPSA) is 92.8 Å². The Bertz CT molecular complexity index is 511. The molecule has 0 aromatic heterocycles. The van der Waals surface area contributed by atoms with Crippen LogP contribution in [0.3, 0.4) is 0 Å². The molecule has 1 aromatic rings. The van der Waals surface area contributed by atoms with Crippen LogP contribution in [-0.2, 0) is 4.74 Å². The van der Waals surface area contributed by atoms with Crippen molar-refractivity contribution in [1.29, 1.82) is 0 Å². The number of nitro benzene ring substituents is 1. The lowest BCUT2D eigenvalue weighted by Crippen LogP contribution is -2.34. The van der Waals surface area contributed by atoms with Crippen molar-refractivity contribution in [1.82, 2.24) is 0 Å². The maximum absolute atomic E-state index is 10.6. The lowest BCUT2D eigenvalue weighted by Gasteiger charge is -2.28. The maximum atomic E-state index is 10.6. The van der Waals surface area contributed by atoms with E-state index in [1.807, 2.05) is 0 Å². The van der Waals surface area contributed by atoms with Gasteiger partial charge in [0.15, 0.2) is 0 Å². The Morgan fingerprint density at radius 1 is 1.30 bits per heavy atom. The van der Waals surface area contributed by atoms with Crippen molar-refractivity contribution in [3.05, 3.63) is 34.4 Å². The summed E-state index contributed by atoms with van der Waals surface area (Å²) in [6, 6.07) is 6.29. The Morgan fingerprint density at radius 2 is 2.00 bits per heavy atom. The predicted octanol–water partition coefficient (Wildman–Crippen LogP) is 1.25. The molecule has 0 aliphatic carbocycles. The summed E-state index contributed by atoms with van der Waals surface area (Å²) in [5.41, 5.74) is 0.0540. The number of ether oxygens (including phenoxy) is 1. The van der Waals surface area contributed by atoms with Crippen molar-refractivity contribution in [2.24, 2.45) is 0 Å². The molecule has 2 fully saturated rings. The summed E-state index contributed by atoms with van der Waals surface area (Å²) in [6.07, 6.45) is -2.40. The standard InChI is InChI=1S/C12H13NO5S2/c14-9-8-5-19-12(11(18-8)10(9)15)20-7-3-1-6(2-4-7)13(16)17/h1-4,8-12,14-15H,5H2/t8-,9-,10+,11-,12-/m1/s1. The number of non-ortho nitro benzene ring substituents is 1. The van der Waals surface area contributed by atoms with E-state index in [0.29, 0.717) is 5.75 Å². The zero-order valence-corrected chi connectivity index (χ0v) is 11.9. The van der Waals surface area contributed by atoms with Gasteiger partial charge >= 0.3 is 0 Å². The number of benzene rings is 1. The van der Waals surface area contributed by atoms with Gasteiger partial charge in [0.25, 0.3) is 5.69 Å². The smallest absolute Gasteiger partial charge is 0.269 e. The van der Waals surface area contributed by atoms with Crippen LogP contribution in [0, 0.1) is 10.1 Å². The van der Waals surface area contributed by atoms with Crippen LogP contribution in [0.25, 0.3) is 0 Å². The van der Waals surface area contributed by atoms with Gasteiger partial charge in [0, 0.05) is 22.8 Å². The molecule has 3 rings (SSSR count). The number of rotatable bonds is 3. The molecule has 0 unspecified atom stereocenters. The highest BCUT2D eigenvalue weighted by Crippen LogP contribution is 2.44. The number of aliphatic hydroxyl groups is 2. The molecular weight excluding hydrogens is 302 g/mol. The first kappa shape index (κ1) is 14.2. The van der Waals surface area contributed by atoms with Crippen LogP contribution >= 0.6 is 23.5 Å². The van der Waals surface area contributed by atoms with Crippen LogP contribution in [-0.4, -0.2) is 49.9 Å². The molecule has 2 heterocycles. The summed E-state index contributed by atoms with van der Waals surface area (Å²) < 4.78 is 5.59. The molecule has 2 saturated heterocycles.